The van der Waals surface area contributed by atoms with E-state index in [0.29, 0.717) is 10.7 Å². The lowest BCUT2D eigenvalue weighted by atomic mass is 9.79. The number of para-hydroxylation sites is 1. The third-order valence-electron chi connectivity index (χ3n) is 6.87. The number of thiazole rings is 2. The van der Waals surface area contributed by atoms with E-state index in [0.717, 1.165) is 72.3 Å². The predicted octanol–water partition coefficient (Wildman–Crippen LogP) is 5.26. The van der Waals surface area contributed by atoms with Crippen LogP contribution in [0.15, 0.2) is 35.1 Å². The molecule has 0 aliphatic heterocycles. The molecule has 3 aromatic heterocycles. The Balaban J connectivity index is 1.21. The highest BCUT2D eigenvalue weighted by molar-refractivity contribution is 7.18. The maximum atomic E-state index is 13.1. The summed E-state index contributed by atoms with van der Waals surface area (Å²) in [6.45, 7) is 0.0379. The highest BCUT2D eigenvalue weighted by Gasteiger charge is 2.35. The zero-order chi connectivity index (χ0) is 22.4. The van der Waals surface area contributed by atoms with Crippen LogP contribution in [-0.2, 0) is 29.0 Å². The van der Waals surface area contributed by atoms with E-state index in [1.165, 1.54) is 10.9 Å². The van der Waals surface area contributed by atoms with Crippen molar-refractivity contribution in [1.29, 1.82) is 0 Å². The van der Waals surface area contributed by atoms with Crippen LogP contribution in [0.4, 0.5) is 0 Å². The van der Waals surface area contributed by atoms with Crippen LogP contribution < -0.4 is 5.56 Å². The second kappa shape index (κ2) is 8.65. The highest BCUT2D eigenvalue weighted by Crippen LogP contribution is 2.41. The van der Waals surface area contributed by atoms with Gasteiger partial charge in [-0.05, 0) is 50.7 Å². The minimum Gasteiger partial charge on any atom is -0.459 e. The van der Waals surface area contributed by atoms with E-state index in [1.54, 1.807) is 27.1 Å². The molecule has 6 nitrogen and oxygen atoms in total. The number of ether oxygens (including phenoxy) is 1. The van der Waals surface area contributed by atoms with Gasteiger partial charge in [0.15, 0.2) is 4.96 Å². The summed E-state index contributed by atoms with van der Waals surface area (Å²) in [7, 11) is 0. The standard InChI is InChI=1S/C25H25N3O3S2/c29-22-13-15(26-25-28(22)19-10-4-6-12-21(19)33-25)14-31-24(30)17-8-2-1-7-16(17)23-27-18-9-3-5-11-20(18)32-23/h3,5,9,11,13,16-17H,1-2,4,6-8,10,12,14H2/t16-,17+/m1/s1. The van der Waals surface area contributed by atoms with Gasteiger partial charge in [0.05, 0.1) is 26.8 Å². The van der Waals surface area contributed by atoms with Crippen LogP contribution in [-0.4, -0.2) is 20.3 Å². The van der Waals surface area contributed by atoms with Crippen molar-refractivity contribution in [2.24, 2.45) is 5.92 Å². The molecule has 1 saturated carbocycles. The first-order valence-corrected chi connectivity index (χ1v) is 13.4. The summed E-state index contributed by atoms with van der Waals surface area (Å²) < 4.78 is 8.63. The van der Waals surface area contributed by atoms with E-state index >= 15 is 0 Å². The van der Waals surface area contributed by atoms with E-state index in [4.69, 9.17) is 9.72 Å². The van der Waals surface area contributed by atoms with Crippen LogP contribution in [0, 0.1) is 5.92 Å². The fourth-order valence-corrected chi connectivity index (χ4v) is 7.62. The van der Waals surface area contributed by atoms with Crippen LogP contribution >= 0.6 is 22.7 Å². The molecule has 170 valence electrons. The minimum atomic E-state index is -0.202. The number of esters is 1. The number of nitrogens with zero attached hydrogens (tertiary/aromatic N) is 3. The molecule has 0 bridgehead atoms. The van der Waals surface area contributed by atoms with Gasteiger partial charge in [0.2, 0.25) is 0 Å². The number of benzene rings is 1. The molecule has 0 amide bonds. The van der Waals surface area contributed by atoms with Gasteiger partial charge in [0.25, 0.3) is 5.56 Å². The van der Waals surface area contributed by atoms with Gasteiger partial charge in [-0.25, -0.2) is 9.97 Å². The molecule has 33 heavy (non-hydrogen) atoms. The zero-order valence-corrected chi connectivity index (χ0v) is 19.9. The number of carbonyl (C=O) groups excluding carboxylic acids is 1. The first kappa shape index (κ1) is 21.0. The molecule has 2 aliphatic carbocycles. The summed E-state index contributed by atoms with van der Waals surface area (Å²) in [4.78, 5) is 37.4. The van der Waals surface area contributed by atoms with Gasteiger partial charge < -0.3 is 4.74 Å². The largest absolute Gasteiger partial charge is 0.459 e. The minimum absolute atomic E-state index is 0.0379. The van der Waals surface area contributed by atoms with E-state index in [2.05, 4.69) is 11.1 Å². The summed E-state index contributed by atoms with van der Waals surface area (Å²) in [6.07, 6.45) is 8.11. The smallest absolute Gasteiger partial charge is 0.310 e. The van der Waals surface area contributed by atoms with Crippen LogP contribution in [0.1, 0.15) is 65.7 Å². The first-order valence-electron chi connectivity index (χ1n) is 11.7. The van der Waals surface area contributed by atoms with Crippen molar-refractivity contribution in [3.8, 4) is 0 Å². The molecule has 2 atom stereocenters. The Bertz CT molecular complexity index is 1370. The van der Waals surface area contributed by atoms with Crippen molar-refractivity contribution in [3.05, 3.63) is 62.0 Å². The van der Waals surface area contributed by atoms with Gasteiger partial charge in [0.1, 0.15) is 6.61 Å². The molecule has 0 saturated heterocycles. The molecule has 8 heteroatoms. The number of fused-ring (bicyclic) bond motifs is 4. The van der Waals surface area contributed by atoms with Crippen molar-refractivity contribution >= 4 is 43.8 Å². The molecule has 6 rings (SSSR count). The summed E-state index contributed by atoms with van der Waals surface area (Å²) >= 11 is 3.28. The maximum Gasteiger partial charge on any atom is 0.310 e. The van der Waals surface area contributed by atoms with E-state index in [9.17, 15) is 9.59 Å². The second-order valence-electron chi connectivity index (χ2n) is 9.01. The Labute approximate surface area is 199 Å². The maximum absolute atomic E-state index is 13.1. The molecule has 0 N–H and O–H groups in total. The average molecular weight is 480 g/mol. The van der Waals surface area contributed by atoms with Crippen LogP contribution in [0.25, 0.3) is 15.2 Å². The van der Waals surface area contributed by atoms with E-state index in [1.807, 2.05) is 18.2 Å². The lowest BCUT2D eigenvalue weighted by molar-refractivity contribution is -0.151. The van der Waals surface area contributed by atoms with E-state index < -0.39 is 0 Å². The number of hydrogen-bond donors (Lipinski definition) is 0. The first-order chi connectivity index (χ1) is 16.2. The zero-order valence-electron chi connectivity index (χ0n) is 18.3. The van der Waals surface area contributed by atoms with Gasteiger partial charge in [-0.3, -0.25) is 14.0 Å². The van der Waals surface area contributed by atoms with E-state index in [-0.39, 0.29) is 30.0 Å². The molecular weight excluding hydrogens is 454 g/mol. The van der Waals surface area contributed by atoms with Crippen LogP contribution in [0.2, 0.25) is 0 Å². The molecule has 1 fully saturated rings. The fourth-order valence-electron chi connectivity index (χ4n) is 5.22. The van der Waals surface area contributed by atoms with Crippen molar-refractivity contribution in [1.82, 2.24) is 14.4 Å². The van der Waals surface area contributed by atoms with Crippen molar-refractivity contribution < 1.29 is 9.53 Å². The van der Waals surface area contributed by atoms with Crippen molar-refractivity contribution in [2.45, 2.75) is 63.9 Å². The molecule has 4 aromatic rings. The van der Waals surface area contributed by atoms with Crippen LogP contribution in [0.3, 0.4) is 0 Å². The average Bonchev–Trinajstić information content (AvgIpc) is 3.44. The molecule has 0 spiro atoms. The Morgan fingerprint density at radius 1 is 1.06 bits per heavy atom. The lowest BCUT2D eigenvalue weighted by Crippen LogP contribution is -2.28. The summed E-state index contributed by atoms with van der Waals surface area (Å²) in [5.41, 5.74) is 2.56. The Morgan fingerprint density at radius 2 is 1.91 bits per heavy atom. The van der Waals surface area contributed by atoms with Gasteiger partial charge in [-0.1, -0.05) is 25.0 Å². The Kier molecular flexibility index (Phi) is 5.50. The number of aromatic nitrogens is 3. The Morgan fingerprint density at radius 3 is 2.82 bits per heavy atom. The quantitative estimate of drug-likeness (QED) is 0.373. The number of carbonyl (C=O) groups is 1. The molecular formula is C25H25N3O3S2. The van der Waals surface area contributed by atoms with Gasteiger partial charge in [-0.15, -0.1) is 22.7 Å². The van der Waals surface area contributed by atoms with Crippen molar-refractivity contribution in [3.63, 3.8) is 0 Å². The number of hydrogen-bond acceptors (Lipinski definition) is 7. The predicted molar refractivity (Wildman–Crippen MR) is 130 cm³/mol. The monoisotopic (exact) mass is 479 g/mol. The second-order valence-corrected chi connectivity index (χ2v) is 11.1. The number of rotatable bonds is 4. The molecule has 0 unspecified atom stereocenters. The third kappa shape index (κ3) is 3.89. The van der Waals surface area contributed by atoms with Crippen molar-refractivity contribution in [2.75, 3.05) is 0 Å². The third-order valence-corrected chi connectivity index (χ3v) is 9.18. The van der Waals surface area contributed by atoms with Gasteiger partial charge >= 0.3 is 5.97 Å². The molecule has 1 aromatic carbocycles. The van der Waals surface area contributed by atoms with Gasteiger partial charge in [0, 0.05) is 22.6 Å². The number of aryl methyl sites for hydroxylation is 2. The van der Waals surface area contributed by atoms with Crippen LogP contribution in [0.5, 0.6) is 0 Å². The summed E-state index contributed by atoms with van der Waals surface area (Å²) in [5.74, 6) is -0.307. The highest BCUT2D eigenvalue weighted by atomic mass is 32.1. The van der Waals surface area contributed by atoms with Gasteiger partial charge in [-0.2, -0.15) is 0 Å². The molecule has 2 aliphatic rings. The molecule has 3 heterocycles. The fraction of sp³-hybridized carbons (Fsp3) is 0.440. The molecule has 0 radical (unpaired) electrons. The normalized spacial score (nSPS) is 20.7. The summed E-state index contributed by atoms with van der Waals surface area (Å²) in [6, 6.07) is 9.64. The Hall–Kier alpha value is -2.58. The topological polar surface area (TPSA) is 73.6 Å². The SMILES string of the molecule is O=C(OCc1cc(=O)n2c3c(sc2n1)CCCC3)[C@H]1CCCC[C@H]1c1nc2ccccc2s1. The lowest BCUT2D eigenvalue weighted by Gasteiger charge is -2.28. The summed E-state index contributed by atoms with van der Waals surface area (Å²) in [5, 5.41) is 1.03.